The Morgan fingerprint density at radius 1 is 0.950 bits per heavy atom. The van der Waals surface area contributed by atoms with Crippen molar-refractivity contribution in [2.75, 3.05) is 20.8 Å². The molecule has 20 heavy (non-hydrogen) atoms. The topological polar surface area (TPSA) is 30.5 Å². The molecule has 1 heterocycles. The highest BCUT2D eigenvalue weighted by atomic mass is 16.5. The van der Waals surface area contributed by atoms with Gasteiger partial charge < -0.3 is 14.8 Å². The fraction of sp³-hybridized carbons (Fsp3) is 0.294. The van der Waals surface area contributed by atoms with Crippen molar-refractivity contribution in [2.24, 2.45) is 0 Å². The van der Waals surface area contributed by atoms with Crippen molar-refractivity contribution in [2.45, 2.75) is 12.5 Å². The van der Waals surface area contributed by atoms with Crippen molar-refractivity contribution >= 4 is 0 Å². The quantitative estimate of drug-likeness (QED) is 0.929. The molecule has 3 rings (SSSR count). The molecule has 0 bridgehead atoms. The van der Waals surface area contributed by atoms with E-state index in [1.165, 1.54) is 16.7 Å². The van der Waals surface area contributed by atoms with E-state index in [1.54, 1.807) is 14.2 Å². The highest BCUT2D eigenvalue weighted by Crippen LogP contribution is 2.39. The predicted octanol–water partition coefficient (Wildman–Crippen LogP) is 2.94. The Hall–Kier alpha value is -2.00. The molecule has 1 aliphatic heterocycles. The first-order valence-electron chi connectivity index (χ1n) is 6.87. The first kappa shape index (κ1) is 13.0. The molecule has 2 aromatic carbocycles. The third kappa shape index (κ3) is 2.14. The third-order valence-electron chi connectivity index (χ3n) is 3.86. The summed E-state index contributed by atoms with van der Waals surface area (Å²) in [5, 5.41) is 3.58. The van der Waals surface area contributed by atoms with Crippen molar-refractivity contribution in [3.8, 4) is 11.5 Å². The minimum atomic E-state index is 0.157. The number of nitrogens with one attached hydrogen (secondary N) is 1. The number of ether oxygens (including phenoxy) is 2. The van der Waals surface area contributed by atoms with Crippen LogP contribution in [0, 0.1) is 0 Å². The minimum absolute atomic E-state index is 0.157. The molecular weight excluding hydrogens is 250 g/mol. The minimum Gasteiger partial charge on any atom is -0.496 e. The van der Waals surface area contributed by atoms with Crippen LogP contribution in [0.4, 0.5) is 0 Å². The molecule has 0 amide bonds. The predicted molar refractivity (Wildman–Crippen MR) is 79.5 cm³/mol. The van der Waals surface area contributed by atoms with Crippen LogP contribution in [0.5, 0.6) is 11.5 Å². The zero-order chi connectivity index (χ0) is 13.9. The number of fused-ring (bicyclic) bond motifs is 1. The van der Waals surface area contributed by atoms with Crippen LogP contribution in [0.25, 0.3) is 0 Å². The largest absolute Gasteiger partial charge is 0.496 e. The van der Waals surface area contributed by atoms with E-state index >= 15 is 0 Å². The van der Waals surface area contributed by atoms with Gasteiger partial charge in [0, 0.05) is 17.7 Å². The Morgan fingerprint density at radius 2 is 1.65 bits per heavy atom. The second-order valence-electron chi connectivity index (χ2n) is 4.91. The van der Waals surface area contributed by atoms with E-state index in [-0.39, 0.29) is 6.04 Å². The lowest BCUT2D eigenvalue weighted by atomic mass is 9.88. The fourth-order valence-electron chi connectivity index (χ4n) is 2.94. The van der Waals surface area contributed by atoms with Gasteiger partial charge in [0.1, 0.15) is 11.5 Å². The third-order valence-corrected chi connectivity index (χ3v) is 3.86. The lowest BCUT2D eigenvalue weighted by Crippen LogP contribution is -2.31. The van der Waals surface area contributed by atoms with Crippen molar-refractivity contribution in [1.82, 2.24) is 5.32 Å². The Bertz CT molecular complexity index is 595. The summed E-state index contributed by atoms with van der Waals surface area (Å²) in [4.78, 5) is 0. The Morgan fingerprint density at radius 3 is 2.35 bits per heavy atom. The smallest absolute Gasteiger partial charge is 0.124 e. The Kier molecular flexibility index (Phi) is 3.61. The highest BCUT2D eigenvalue weighted by molar-refractivity contribution is 5.54. The molecule has 2 aromatic rings. The molecule has 1 unspecified atom stereocenters. The van der Waals surface area contributed by atoms with Crippen LogP contribution in [0.3, 0.4) is 0 Å². The van der Waals surface area contributed by atoms with Gasteiger partial charge in [0.25, 0.3) is 0 Å². The van der Waals surface area contributed by atoms with Crippen molar-refractivity contribution in [1.29, 1.82) is 0 Å². The second-order valence-corrected chi connectivity index (χ2v) is 4.91. The molecule has 0 saturated heterocycles. The summed E-state index contributed by atoms with van der Waals surface area (Å²) in [7, 11) is 3.44. The number of benzene rings is 2. The molecule has 0 saturated carbocycles. The molecule has 1 atom stereocenters. The summed E-state index contributed by atoms with van der Waals surface area (Å²) >= 11 is 0. The van der Waals surface area contributed by atoms with Crippen LogP contribution in [-0.4, -0.2) is 20.8 Å². The average Bonchev–Trinajstić information content (AvgIpc) is 2.54. The normalized spacial score (nSPS) is 17.4. The summed E-state index contributed by atoms with van der Waals surface area (Å²) in [5.74, 6) is 1.87. The Labute approximate surface area is 119 Å². The summed E-state index contributed by atoms with van der Waals surface area (Å²) in [5.41, 5.74) is 3.70. The molecule has 0 spiro atoms. The van der Waals surface area contributed by atoms with Gasteiger partial charge in [-0.3, -0.25) is 0 Å². The lowest BCUT2D eigenvalue weighted by molar-refractivity contribution is 0.382. The molecule has 3 heteroatoms. The molecule has 1 aliphatic rings. The van der Waals surface area contributed by atoms with Gasteiger partial charge in [-0.15, -0.1) is 0 Å². The van der Waals surface area contributed by atoms with Gasteiger partial charge in [0.15, 0.2) is 0 Å². The zero-order valence-electron chi connectivity index (χ0n) is 11.8. The molecule has 104 valence electrons. The molecule has 0 fully saturated rings. The maximum atomic E-state index is 5.57. The van der Waals surface area contributed by atoms with Crippen molar-refractivity contribution < 1.29 is 9.47 Å². The van der Waals surface area contributed by atoms with E-state index in [0.717, 1.165) is 24.5 Å². The summed E-state index contributed by atoms with van der Waals surface area (Å²) in [6, 6.07) is 14.6. The van der Waals surface area contributed by atoms with Crippen LogP contribution in [0.15, 0.2) is 42.5 Å². The molecule has 0 aromatic heterocycles. The number of methoxy groups -OCH3 is 2. The van der Waals surface area contributed by atoms with Gasteiger partial charge in [0.05, 0.1) is 20.3 Å². The number of rotatable bonds is 3. The van der Waals surface area contributed by atoms with Gasteiger partial charge in [-0.05, 0) is 24.1 Å². The fourth-order valence-corrected chi connectivity index (χ4v) is 2.94. The van der Waals surface area contributed by atoms with E-state index in [4.69, 9.17) is 9.47 Å². The van der Waals surface area contributed by atoms with E-state index < -0.39 is 0 Å². The Balaban J connectivity index is 2.16. The zero-order valence-corrected chi connectivity index (χ0v) is 11.8. The van der Waals surface area contributed by atoms with Crippen molar-refractivity contribution in [3.05, 3.63) is 59.2 Å². The van der Waals surface area contributed by atoms with Crippen LogP contribution in [0.1, 0.15) is 22.7 Å². The lowest BCUT2D eigenvalue weighted by Gasteiger charge is -2.30. The maximum absolute atomic E-state index is 5.57. The van der Waals surface area contributed by atoms with Crippen molar-refractivity contribution in [3.63, 3.8) is 0 Å². The second kappa shape index (κ2) is 5.55. The van der Waals surface area contributed by atoms with E-state index in [9.17, 15) is 0 Å². The first-order chi connectivity index (χ1) is 9.85. The van der Waals surface area contributed by atoms with Gasteiger partial charge in [0.2, 0.25) is 0 Å². The average molecular weight is 269 g/mol. The van der Waals surface area contributed by atoms with Gasteiger partial charge in [-0.1, -0.05) is 30.3 Å². The van der Waals surface area contributed by atoms with Gasteiger partial charge in [-0.2, -0.15) is 0 Å². The van der Waals surface area contributed by atoms with E-state index in [1.807, 2.05) is 18.2 Å². The molecule has 1 N–H and O–H groups in total. The molecule has 0 aliphatic carbocycles. The van der Waals surface area contributed by atoms with Crippen LogP contribution in [-0.2, 0) is 6.42 Å². The first-order valence-corrected chi connectivity index (χ1v) is 6.87. The molecular formula is C17H19NO2. The maximum Gasteiger partial charge on any atom is 0.124 e. The van der Waals surface area contributed by atoms with Gasteiger partial charge >= 0.3 is 0 Å². The molecule has 0 radical (unpaired) electrons. The number of hydrogen-bond donors (Lipinski definition) is 1. The van der Waals surface area contributed by atoms with Crippen LogP contribution < -0.4 is 14.8 Å². The standard InChI is InChI=1S/C17H19NO2/c1-19-14-8-9-15(20-2)16-13(14)10-11-18-17(16)12-6-4-3-5-7-12/h3-9,17-18H,10-11H2,1-2H3. The summed E-state index contributed by atoms with van der Waals surface area (Å²) in [6.07, 6.45) is 0.957. The summed E-state index contributed by atoms with van der Waals surface area (Å²) < 4.78 is 11.1. The van der Waals surface area contributed by atoms with Gasteiger partial charge in [-0.25, -0.2) is 0 Å². The number of hydrogen-bond acceptors (Lipinski definition) is 3. The van der Waals surface area contributed by atoms with Crippen LogP contribution in [0.2, 0.25) is 0 Å². The van der Waals surface area contributed by atoms with Crippen LogP contribution >= 0.6 is 0 Å². The summed E-state index contributed by atoms with van der Waals surface area (Å²) in [6.45, 7) is 0.941. The van der Waals surface area contributed by atoms with E-state index in [0.29, 0.717) is 0 Å². The highest BCUT2D eigenvalue weighted by Gasteiger charge is 2.27. The molecule has 3 nitrogen and oxygen atoms in total. The van der Waals surface area contributed by atoms with E-state index in [2.05, 4.69) is 29.6 Å². The SMILES string of the molecule is COc1ccc(OC)c2c1CCNC2c1ccccc1. The monoisotopic (exact) mass is 269 g/mol.